The molecule has 2 heterocycles. The number of fused-ring (bicyclic) bond motifs is 1. The van der Waals surface area contributed by atoms with E-state index in [1.807, 2.05) is 25.3 Å². The largest absolute Gasteiger partial charge is 0.294 e. The highest BCUT2D eigenvalue weighted by molar-refractivity contribution is 7.12. The number of nitrogens with one attached hydrogen (secondary N) is 1. The topological polar surface area (TPSA) is 72.0 Å². The lowest BCUT2D eigenvalue weighted by molar-refractivity contribution is 0.0909. The van der Waals surface area contributed by atoms with Gasteiger partial charge in [0.2, 0.25) is 5.95 Å². The van der Waals surface area contributed by atoms with Gasteiger partial charge in [0.15, 0.2) is 5.78 Å². The molecule has 0 bridgehead atoms. The van der Waals surface area contributed by atoms with Gasteiger partial charge in [0, 0.05) is 12.6 Å². The molecule has 0 unspecified atom stereocenters. The number of Topliss-reactive ketones (excluding diaryl/α,β-unsaturated/α-hetero) is 1. The molecule has 6 heteroatoms. The molecule has 3 rings (SSSR count). The lowest BCUT2D eigenvalue weighted by atomic mass is 9.76. The fraction of sp³-hybridized carbons (Fsp3) is 0.333. The van der Waals surface area contributed by atoms with Crippen molar-refractivity contribution in [3.8, 4) is 0 Å². The van der Waals surface area contributed by atoms with E-state index < -0.39 is 0 Å². The van der Waals surface area contributed by atoms with E-state index in [2.05, 4.69) is 15.3 Å². The monoisotopic (exact) mass is 301 g/mol. The second-order valence-corrected chi connectivity index (χ2v) is 6.87. The van der Waals surface area contributed by atoms with E-state index in [0.717, 1.165) is 0 Å². The Hall–Kier alpha value is -2.08. The van der Waals surface area contributed by atoms with Crippen molar-refractivity contribution in [3.63, 3.8) is 0 Å². The fourth-order valence-electron chi connectivity index (χ4n) is 2.46. The second-order valence-electron chi connectivity index (χ2n) is 5.93. The van der Waals surface area contributed by atoms with Crippen LogP contribution in [0.2, 0.25) is 0 Å². The number of ketones is 1. The van der Waals surface area contributed by atoms with Crippen molar-refractivity contribution >= 4 is 29.0 Å². The molecule has 1 aliphatic rings. The summed E-state index contributed by atoms with van der Waals surface area (Å²) in [5.74, 6) is 0.0846. The van der Waals surface area contributed by atoms with Gasteiger partial charge in [0.05, 0.1) is 16.1 Å². The van der Waals surface area contributed by atoms with E-state index in [4.69, 9.17) is 0 Å². The first-order valence-electron chi connectivity index (χ1n) is 6.69. The summed E-state index contributed by atoms with van der Waals surface area (Å²) in [6, 6.07) is 3.56. The quantitative estimate of drug-likeness (QED) is 0.925. The van der Waals surface area contributed by atoms with Crippen molar-refractivity contribution in [2.75, 3.05) is 5.32 Å². The molecule has 0 spiro atoms. The minimum atomic E-state index is -0.230. The molecule has 0 saturated carbocycles. The first-order chi connectivity index (χ1) is 9.94. The lowest BCUT2D eigenvalue weighted by Crippen LogP contribution is -2.28. The third-order valence-electron chi connectivity index (χ3n) is 3.42. The van der Waals surface area contributed by atoms with Crippen molar-refractivity contribution < 1.29 is 9.59 Å². The van der Waals surface area contributed by atoms with Gasteiger partial charge in [-0.1, -0.05) is 19.9 Å². The Labute approximate surface area is 126 Å². The molecule has 5 nitrogen and oxygen atoms in total. The summed E-state index contributed by atoms with van der Waals surface area (Å²) in [6.07, 6.45) is 2.73. The van der Waals surface area contributed by atoms with Crippen molar-refractivity contribution in [1.29, 1.82) is 0 Å². The van der Waals surface area contributed by atoms with Crippen LogP contribution in [0.4, 0.5) is 5.95 Å². The summed E-state index contributed by atoms with van der Waals surface area (Å²) in [6.45, 7) is 4.08. The Balaban J connectivity index is 1.86. The number of carbonyl (C=O) groups excluding carboxylic acids is 2. The first-order valence-corrected chi connectivity index (χ1v) is 7.56. The van der Waals surface area contributed by atoms with E-state index in [9.17, 15) is 9.59 Å². The molecule has 1 amide bonds. The van der Waals surface area contributed by atoms with Gasteiger partial charge in [-0.25, -0.2) is 9.97 Å². The predicted molar refractivity (Wildman–Crippen MR) is 80.7 cm³/mol. The standard InChI is InChI=1S/C15H15N3O2S/c1-15(2)6-10-9(11(19)7-15)8-16-14(17-10)18-13(20)12-4-3-5-21-12/h3-5,8H,6-7H2,1-2H3,(H,16,17,18,20). The molecule has 1 aliphatic carbocycles. The first kappa shape index (κ1) is 13.9. The van der Waals surface area contributed by atoms with E-state index >= 15 is 0 Å². The van der Waals surface area contributed by atoms with Gasteiger partial charge in [-0.2, -0.15) is 0 Å². The molecular weight excluding hydrogens is 286 g/mol. The highest BCUT2D eigenvalue weighted by atomic mass is 32.1. The third-order valence-corrected chi connectivity index (χ3v) is 4.29. The van der Waals surface area contributed by atoms with E-state index in [1.54, 1.807) is 6.07 Å². The van der Waals surface area contributed by atoms with Crippen LogP contribution in [0.25, 0.3) is 0 Å². The SMILES string of the molecule is CC1(C)CC(=O)c2cnc(NC(=O)c3cccs3)nc2C1. The van der Waals surface area contributed by atoms with Crippen LogP contribution in [0.5, 0.6) is 0 Å². The average Bonchev–Trinajstić information content (AvgIpc) is 2.90. The molecule has 21 heavy (non-hydrogen) atoms. The van der Waals surface area contributed by atoms with Gasteiger partial charge in [-0.15, -0.1) is 11.3 Å². The number of aromatic nitrogens is 2. The Morgan fingerprint density at radius 3 is 2.90 bits per heavy atom. The summed E-state index contributed by atoms with van der Waals surface area (Å²) >= 11 is 1.36. The zero-order valence-corrected chi connectivity index (χ0v) is 12.7. The molecular formula is C15H15N3O2S. The van der Waals surface area contributed by atoms with E-state index in [-0.39, 0.29) is 23.1 Å². The number of hydrogen-bond acceptors (Lipinski definition) is 5. The smallest absolute Gasteiger partial charge is 0.268 e. The van der Waals surface area contributed by atoms with Crippen molar-refractivity contribution in [1.82, 2.24) is 9.97 Å². The van der Waals surface area contributed by atoms with Crippen molar-refractivity contribution in [2.24, 2.45) is 5.41 Å². The zero-order chi connectivity index (χ0) is 15.0. The maximum atomic E-state index is 12.1. The average molecular weight is 301 g/mol. The van der Waals surface area contributed by atoms with Gasteiger partial charge in [0.25, 0.3) is 5.91 Å². The van der Waals surface area contributed by atoms with Crippen LogP contribution in [0.3, 0.4) is 0 Å². The molecule has 0 saturated heterocycles. The van der Waals surface area contributed by atoms with Gasteiger partial charge < -0.3 is 0 Å². The van der Waals surface area contributed by atoms with E-state index in [1.165, 1.54) is 17.5 Å². The van der Waals surface area contributed by atoms with Crippen molar-refractivity contribution in [2.45, 2.75) is 26.7 Å². The van der Waals surface area contributed by atoms with Crippen LogP contribution in [-0.4, -0.2) is 21.7 Å². The molecule has 2 aromatic heterocycles. The highest BCUT2D eigenvalue weighted by Crippen LogP contribution is 2.33. The number of anilines is 1. The lowest BCUT2D eigenvalue weighted by Gasteiger charge is -2.29. The van der Waals surface area contributed by atoms with Gasteiger partial charge in [-0.05, 0) is 23.3 Å². The molecule has 1 N–H and O–H groups in total. The summed E-state index contributed by atoms with van der Waals surface area (Å²) in [7, 11) is 0. The van der Waals surface area contributed by atoms with Crippen LogP contribution in [0, 0.1) is 5.41 Å². The van der Waals surface area contributed by atoms with Crippen LogP contribution in [-0.2, 0) is 6.42 Å². The highest BCUT2D eigenvalue weighted by Gasteiger charge is 2.32. The number of thiophene rings is 1. The van der Waals surface area contributed by atoms with Gasteiger partial charge in [0.1, 0.15) is 0 Å². The Kier molecular flexibility index (Phi) is 3.33. The van der Waals surface area contributed by atoms with Crippen molar-refractivity contribution in [3.05, 3.63) is 39.8 Å². The van der Waals surface area contributed by atoms with Crippen LogP contribution < -0.4 is 5.32 Å². The predicted octanol–water partition coefficient (Wildman–Crippen LogP) is 2.95. The molecule has 108 valence electrons. The Morgan fingerprint density at radius 2 is 2.19 bits per heavy atom. The Morgan fingerprint density at radius 1 is 1.38 bits per heavy atom. The van der Waals surface area contributed by atoms with Gasteiger partial charge >= 0.3 is 0 Å². The number of carbonyl (C=O) groups is 2. The number of rotatable bonds is 2. The molecule has 0 aromatic carbocycles. The minimum absolute atomic E-state index is 0.0670. The summed E-state index contributed by atoms with van der Waals surface area (Å²) in [5, 5.41) is 4.51. The van der Waals surface area contributed by atoms with Crippen LogP contribution >= 0.6 is 11.3 Å². The maximum Gasteiger partial charge on any atom is 0.268 e. The maximum absolute atomic E-state index is 12.1. The number of amides is 1. The minimum Gasteiger partial charge on any atom is -0.294 e. The Bertz CT molecular complexity index is 708. The van der Waals surface area contributed by atoms with E-state index in [0.29, 0.717) is 29.0 Å². The summed E-state index contributed by atoms with van der Waals surface area (Å²) in [4.78, 5) is 33.1. The van der Waals surface area contributed by atoms with Crippen LogP contribution in [0.15, 0.2) is 23.7 Å². The van der Waals surface area contributed by atoms with Crippen LogP contribution in [0.1, 0.15) is 46.0 Å². The molecule has 2 aromatic rings. The third kappa shape index (κ3) is 2.85. The summed E-state index contributed by atoms with van der Waals surface area (Å²) in [5.41, 5.74) is 1.18. The molecule has 0 atom stereocenters. The normalized spacial score (nSPS) is 16.4. The van der Waals surface area contributed by atoms with Gasteiger partial charge in [-0.3, -0.25) is 14.9 Å². The second kappa shape index (κ2) is 5.04. The zero-order valence-electron chi connectivity index (χ0n) is 11.8. The molecule has 0 radical (unpaired) electrons. The number of nitrogens with zero attached hydrogens (tertiary/aromatic N) is 2. The molecule has 0 aliphatic heterocycles. The number of hydrogen-bond donors (Lipinski definition) is 1. The summed E-state index contributed by atoms with van der Waals surface area (Å²) < 4.78 is 0. The molecule has 0 fully saturated rings. The fourth-order valence-corrected chi connectivity index (χ4v) is 3.08.